The zero-order chi connectivity index (χ0) is 20.2. The van der Waals surface area contributed by atoms with Crippen molar-refractivity contribution in [1.82, 2.24) is 14.9 Å². The highest BCUT2D eigenvalue weighted by Crippen LogP contribution is 2.22. The normalized spacial score (nSPS) is 14.1. The summed E-state index contributed by atoms with van der Waals surface area (Å²) >= 11 is 0. The minimum absolute atomic E-state index is 0.0263. The van der Waals surface area contributed by atoms with Gasteiger partial charge in [-0.2, -0.15) is 0 Å². The molecule has 1 amide bonds. The molecule has 5 nitrogen and oxygen atoms in total. The van der Waals surface area contributed by atoms with Crippen molar-refractivity contribution in [2.24, 2.45) is 0 Å². The van der Waals surface area contributed by atoms with Gasteiger partial charge in [0, 0.05) is 37.8 Å². The first-order valence-corrected chi connectivity index (χ1v) is 9.75. The van der Waals surface area contributed by atoms with E-state index in [1.165, 1.54) is 17.7 Å². The second kappa shape index (κ2) is 8.39. The van der Waals surface area contributed by atoms with Crippen LogP contribution in [0.15, 0.2) is 60.9 Å². The largest absolute Gasteiger partial charge is 0.353 e. The second-order valence-electron chi connectivity index (χ2n) is 7.31. The van der Waals surface area contributed by atoms with E-state index in [1.54, 1.807) is 18.5 Å². The highest BCUT2D eigenvalue weighted by atomic mass is 19.1. The molecule has 148 valence electrons. The Bertz CT molecular complexity index is 1020. The van der Waals surface area contributed by atoms with Crippen LogP contribution in [0.2, 0.25) is 0 Å². The lowest BCUT2D eigenvalue weighted by Crippen LogP contribution is -2.49. The molecule has 0 N–H and O–H groups in total. The summed E-state index contributed by atoms with van der Waals surface area (Å²) in [5.74, 6) is 0.584. The maximum Gasteiger partial charge on any atom is 0.227 e. The molecule has 0 radical (unpaired) electrons. The quantitative estimate of drug-likeness (QED) is 0.684. The average molecular weight is 390 g/mol. The van der Waals surface area contributed by atoms with Gasteiger partial charge in [0.25, 0.3) is 0 Å². The lowest BCUT2D eigenvalue weighted by Gasteiger charge is -2.35. The molecule has 1 aliphatic heterocycles. The van der Waals surface area contributed by atoms with E-state index < -0.39 is 0 Å². The third-order valence-electron chi connectivity index (χ3n) is 5.17. The van der Waals surface area contributed by atoms with Gasteiger partial charge in [0.1, 0.15) is 18.0 Å². The molecular formula is C23H23FN4O. The van der Waals surface area contributed by atoms with E-state index in [9.17, 15) is 9.18 Å². The number of piperazine rings is 1. The number of nitrogens with zero attached hydrogens (tertiary/aromatic N) is 4. The number of aromatic nitrogens is 2. The first-order valence-electron chi connectivity index (χ1n) is 9.75. The van der Waals surface area contributed by atoms with Crippen molar-refractivity contribution in [3.8, 4) is 11.3 Å². The molecular weight excluding hydrogens is 367 g/mol. The van der Waals surface area contributed by atoms with Gasteiger partial charge in [-0.1, -0.05) is 35.9 Å². The van der Waals surface area contributed by atoms with Gasteiger partial charge in [0.15, 0.2) is 0 Å². The van der Waals surface area contributed by atoms with Crippen molar-refractivity contribution in [3.05, 3.63) is 77.9 Å². The van der Waals surface area contributed by atoms with E-state index in [-0.39, 0.29) is 18.1 Å². The van der Waals surface area contributed by atoms with Crippen LogP contribution in [0.4, 0.5) is 10.2 Å². The molecule has 29 heavy (non-hydrogen) atoms. The molecule has 2 heterocycles. The molecule has 0 spiro atoms. The van der Waals surface area contributed by atoms with Crippen LogP contribution >= 0.6 is 0 Å². The van der Waals surface area contributed by atoms with Crippen molar-refractivity contribution >= 4 is 11.7 Å². The Hall–Kier alpha value is -3.28. The fourth-order valence-corrected chi connectivity index (χ4v) is 3.60. The summed E-state index contributed by atoms with van der Waals surface area (Å²) in [6.07, 6.45) is 1.82. The van der Waals surface area contributed by atoms with Crippen molar-refractivity contribution in [3.63, 3.8) is 0 Å². The van der Waals surface area contributed by atoms with Crippen LogP contribution in [0.1, 0.15) is 11.1 Å². The Labute approximate surface area is 169 Å². The van der Waals surface area contributed by atoms with Crippen LogP contribution in [0, 0.1) is 12.7 Å². The molecule has 3 aromatic rings. The molecule has 1 saturated heterocycles. The minimum Gasteiger partial charge on any atom is -0.353 e. The van der Waals surface area contributed by atoms with Crippen LogP contribution in [0.3, 0.4) is 0 Å². The molecule has 0 saturated carbocycles. The Balaban J connectivity index is 1.39. The van der Waals surface area contributed by atoms with Crippen molar-refractivity contribution < 1.29 is 9.18 Å². The number of aryl methyl sites for hydroxylation is 1. The van der Waals surface area contributed by atoms with Crippen molar-refractivity contribution in [2.45, 2.75) is 13.3 Å². The van der Waals surface area contributed by atoms with Crippen molar-refractivity contribution in [2.75, 3.05) is 31.1 Å². The monoisotopic (exact) mass is 390 g/mol. The summed E-state index contributed by atoms with van der Waals surface area (Å²) in [4.78, 5) is 25.4. The van der Waals surface area contributed by atoms with Crippen molar-refractivity contribution in [1.29, 1.82) is 0 Å². The summed E-state index contributed by atoms with van der Waals surface area (Å²) in [5, 5.41) is 0. The molecule has 0 aliphatic carbocycles. The van der Waals surface area contributed by atoms with Gasteiger partial charge >= 0.3 is 0 Å². The molecule has 0 atom stereocenters. The van der Waals surface area contributed by atoms with Crippen LogP contribution in [-0.2, 0) is 11.2 Å². The zero-order valence-electron chi connectivity index (χ0n) is 16.4. The Morgan fingerprint density at radius 3 is 2.55 bits per heavy atom. The highest BCUT2D eigenvalue weighted by molar-refractivity contribution is 5.79. The number of benzene rings is 2. The minimum atomic E-state index is -0.312. The summed E-state index contributed by atoms with van der Waals surface area (Å²) in [5.41, 5.74) is 3.85. The number of carbonyl (C=O) groups is 1. The van der Waals surface area contributed by atoms with E-state index in [1.807, 2.05) is 23.1 Å². The Morgan fingerprint density at radius 2 is 1.79 bits per heavy atom. The third-order valence-corrected chi connectivity index (χ3v) is 5.17. The van der Waals surface area contributed by atoms with Gasteiger partial charge in [0.05, 0.1) is 12.1 Å². The van der Waals surface area contributed by atoms with Crippen LogP contribution in [0.5, 0.6) is 0 Å². The maximum atomic E-state index is 13.3. The van der Waals surface area contributed by atoms with Crippen LogP contribution in [0.25, 0.3) is 11.3 Å². The summed E-state index contributed by atoms with van der Waals surface area (Å²) in [6, 6.07) is 16.5. The van der Waals surface area contributed by atoms with Gasteiger partial charge in [-0.25, -0.2) is 14.4 Å². The van der Waals surface area contributed by atoms with Gasteiger partial charge in [-0.3, -0.25) is 4.79 Å². The van der Waals surface area contributed by atoms with E-state index in [4.69, 9.17) is 0 Å². The number of anilines is 1. The predicted molar refractivity (Wildman–Crippen MR) is 111 cm³/mol. The molecule has 4 rings (SSSR count). The number of rotatable bonds is 4. The van der Waals surface area contributed by atoms with Crippen LogP contribution < -0.4 is 4.90 Å². The van der Waals surface area contributed by atoms with E-state index in [0.29, 0.717) is 31.7 Å². The van der Waals surface area contributed by atoms with E-state index in [2.05, 4.69) is 33.9 Å². The number of halogens is 1. The highest BCUT2D eigenvalue weighted by Gasteiger charge is 2.22. The first kappa shape index (κ1) is 19.1. The summed E-state index contributed by atoms with van der Waals surface area (Å²) < 4.78 is 13.3. The standard InChI is InChI=1S/C23H23FN4O/c1-17-4-2-6-19(12-17)21-15-22(26-16-25-21)27-8-10-28(11-9-27)23(29)14-18-5-3-7-20(24)13-18/h2-7,12-13,15-16H,8-11,14H2,1H3. The summed E-state index contributed by atoms with van der Waals surface area (Å²) in [7, 11) is 0. The van der Waals surface area contributed by atoms with Crippen LogP contribution in [-0.4, -0.2) is 47.0 Å². The Morgan fingerprint density at radius 1 is 1.00 bits per heavy atom. The number of carbonyl (C=O) groups excluding carboxylic acids is 1. The molecule has 0 unspecified atom stereocenters. The topological polar surface area (TPSA) is 49.3 Å². The number of hydrogen-bond acceptors (Lipinski definition) is 4. The lowest BCUT2D eigenvalue weighted by molar-refractivity contribution is -0.130. The lowest BCUT2D eigenvalue weighted by atomic mass is 10.1. The summed E-state index contributed by atoms with van der Waals surface area (Å²) in [6.45, 7) is 4.72. The van der Waals surface area contributed by atoms with Gasteiger partial charge < -0.3 is 9.80 Å². The molecule has 1 fully saturated rings. The van der Waals surface area contributed by atoms with Gasteiger partial charge in [-0.05, 0) is 30.7 Å². The molecule has 6 heteroatoms. The number of hydrogen-bond donors (Lipinski definition) is 0. The second-order valence-corrected chi connectivity index (χ2v) is 7.31. The fourth-order valence-electron chi connectivity index (χ4n) is 3.60. The first-order chi connectivity index (χ1) is 14.1. The van der Waals surface area contributed by atoms with Gasteiger partial charge in [-0.15, -0.1) is 0 Å². The predicted octanol–water partition coefficient (Wildman–Crippen LogP) is 3.48. The van der Waals surface area contributed by atoms with E-state index >= 15 is 0 Å². The molecule has 1 aliphatic rings. The van der Waals surface area contributed by atoms with Gasteiger partial charge in [0.2, 0.25) is 5.91 Å². The molecule has 0 bridgehead atoms. The molecule has 2 aromatic carbocycles. The fraction of sp³-hybridized carbons (Fsp3) is 0.261. The Kier molecular flexibility index (Phi) is 5.51. The zero-order valence-corrected chi connectivity index (χ0v) is 16.4. The number of amides is 1. The smallest absolute Gasteiger partial charge is 0.227 e. The average Bonchev–Trinajstić information content (AvgIpc) is 2.74. The maximum absolute atomic E-state index is 13.3. The SMILES string of the molecule is Cc1cccc(-c2cc(N3CCN(C(=O)Cc4cccc(F)c4)CC3)ncn2)c1. The third kappa shape index (κ3) is 4.59. The van der Waals surface area contributed by atoms with E-state index in [0.717, 1.165) is 17.1 Å². The molecule has 1 aromatic heterocycles.